The molecule has 0 spiro atoms. The summed E-state index contributed by atoms with van der Waals surface area (Å²) in [5.74, 6) is -0.964. The van der Waals surface area contributed by atoms with Gasteiger partial charge in [0.2, 0.25) is 11.3 Å². The minimum Gasteiger partial charge on any atom is -0.481 e. The average molecular weight is 466 g/mol. The lowest BCUT2D eigenvalue weighted by molar-refractivity contribution is 0.0694. The predicted octanol–water partition coefficient (Wildman–Crippen LogP) is 3.46. The summed E-state index contributed by atoms with van der Waals surface area (Å²) in [6, 6.07) is 9.79. The van der Waals surface area contributed by atoms with E-state index in [1.54, 1.807) is 10.6 Å². The molecule has 2 atom stereocenters. The Morgan fingerprint density at radius 1 is 1.32 bits per heavy atom. The number of rotatable bonds is 8. The quantitative estimate of drug-likeness (QED) is 0.467. The monoisotopic (exact) mass is 465 g/mol. The third kappa shape index (κ3) is 4.43. The molecule has 0 saturated heterocycles. The molecule has 2 heterocycles. The molecule has 3 N–H and O–H groups in total. The molecule has 2 aromatic heterocycles. The van der Waals surface area contributed by atoms with E-state index in [0.717, 1.165) is 19.3 Å². The summed E-state index contributed by atoms with van der Waals surface area (Å²) >= 11 is 0. The standard InChI is InChI=1S/C26H31N3O5/c1-15(2)22(14-30)29-13-20(26(32)33)23(31)19-11-17(25(34-3)28-24(19)29)12-27-21-10-6-8-16-7-4-5-9-18(16)21/h4-5,7,9,11,13,15,21-22,27,30H,6,8,10,12,14H2,1-3H3,(H,32,33)/t21?,22-/m1/s1. The van der Waals surface area contributed by atoms with Gasteiger partial charge < -0.3 is 24.8 Å². The highest BCUT2D eigenvalue weighted by Crippen LogP contribution is 2.31. The third-order valence-electron chi connectivity index (χ3n) is 6.69. The topological polar surface area (TPSA) is 114 Å². The van der Waals surface area contributed by atoms with Gasteiger partial charge in [-0.15, -0.1) is 0 Å². The van der Waals surface area contributed by atoms with Crippen LogP contribution in [0.2, 0.25) is 0 Å². The molecule has 4 rings (SSSR count). The van der Waals surface area contributed by atoms with Crippen LogP contribution in [0.5, 0.6) is 5.88 Å². The van der Waals surface area contributed by atoms with Gasteiger partial charge in [-0.25, -0.2) is 4.79 Å². The summed E-state index contributed by atoms with van der Waals surface area (Å²) in [4.78, 5) is 29.5. The molecule has 8 heteroatoms. The summed E-state index contributed by atoms with van der Waals surface area (Å²) in [5.41, 5.74) is 2.64. The van der Waals surface area contributed by atoms with Crippen LogP contribution in [-0.2, 0) is 13.0 Å². The van der Waals surface area contributed by atoms with Gasteiger partial charge in [0.15, 0.2) is 0 Å². The molecule has 8 nitrogen and oxygen atoms in total. The zero-order valence-electron chi connectivity index (χ0n) is 19.7. The number of aromatic carboxylic acids is 1. The lowest BCUT2D eigenvalue weighted by Gasteiger charge is -2.27. The minimum absolute atomic E-state index is 0.0159. The van der Waals surface area contributed by atoms with Crippen LogP contribution in [-0.4, -0.2) is 39.5 Å². The van der Waals surface area contributed by atoms with E-state index in [-0.39, 0.29) is 29.5 Å². The summed E-state index contributed by atoms with van der Waals surface area (Å²) in [6.45, 7) is 4.03. The number of carboxylic acid groups (broad SMARTS) is 1. The molecule has 0 saturated carbocycles. The second kappa shape index (κ2) is 9.95. The van der Waals surface area contributed by atoms with E-state index < -0.39 is 17.4 Å². The number of nitrogens with zero attached hydrogens (tertiary/aromatic N) is 2. The Hall–Kier alpha value is -3.23. The van der Waals surface area contributed by atoms with E-state index >= 15 is 0 Å². The lowest BCUT2D eigenvalue weighted by Crippen LogP contribution is -2.27. The Balaban J connectivity index is 1.79. The highest BCUT2D eigenvalue weighted by atomic mass is 16.5. The van der Waals surface area contributed by atoms with Gasteiger partial charge in [0.25, 0.3) is 0 Å². The molecular formula is C26H31N3O5. The second-order valence-electron chi connectivity index (χ2n) is 9.13. The maximum absolute atomic E-state index is 13.1. The summed E-state index contributed by atoms with van der Waals surface area (Å²) < 4.78 is 7.15. The Kier molecular flexibility index (Phi) is 7.00. The number of aliphatic hydroxyl groups is 1. The normalized spacial score (nSPS) is 16.4. The Labute approximate surface area is 198 Å². The number of fused-ring (bicyclic) bond motifs is 2. The van der Waals surface area contributed by atoms with Crippen LogP contribution in [0.1, 0.15) is 65.8 Å². The Bertz CT molecular complexity index is 1270. The molecule has 1 aromatic carbocycles. The van der Waals surface area contributed by atoms with Crippen molar-refractivity contribution in [2.45, 2.75) is 51.7 Å². The molecule has 34 heavy (non-hydrogen) atoms. The summed E-state index contributed by atoms with van der Waals surface area (Å²) in [5, 5.41) is 23.4. The summed E-state index contributed by atoms with van der Waals surface area (Å²) in [6.07, 6.45) is 4.43. The first-order valence-electron chi connectivity index (χ1n) is 11.6. The minimum atomic E-state index is -1.31. The first kappa shape index (κ1) is 23.9. The lowest BCUT2D eigenvalue weighted by atomic mass is 9.87. The predicted molar refractivity (Wildman–Crippen MR) is 129 cm³/mol. The molecule has 0 fully saturated rings. The second-order valence-corrected chi connectivity index (χ2v) is 9.13. The maximum atomic E-state index is 13.1. The molecule has 0 aliphatic heterocycles. The first-order valence-corrected chi connectivity index (χ1v) is 11.6. The number of aryl methyl sites for hydroxylation is 1. The van der Waals surface area contributed by atoms with Gasteiger partial charge in [0, 0.05) is 24.3 Å². The number of nitrogens with one attached hydrogen (secondary N) is 1. The molecule has 3 aromatic rings. The van der Waals surface area contributed by atoms with Crippen LogP contribution in [0.4, 0.5) is 0 Å². The van der Waals surface area contributed by atoms with E-state index in [1.807, 2.05) is 19.9 Å². The first-order chi connectivity index (χ1) is 16.3. The van der Waals surface area contributed by atoms with E-state index in [4.69, 9.17) is 4.74 Å². The van der Waals surface area contributed by atoms with Gasteiger partial charge in [0.1, 0.15) is 11.2 Å². The van der Waals surface area contributed by atoms with Gasteiger partial charge in [0.05, 0.1) is 25.1 Å². The number of methoxy groups -OCH3 is 1. The van der Waals surface area contributed by atoms with Gasteiger partial charge in [-0.2, -0.15) is 4.98 Å². The van der Waals surface area contributed by atoms with Crippen molar-refractivity contribution < 1.29 is 19.7 Å². The number of hydrogen-bond donors (Lipinski definition) is 3. The average Bonchev–Trinajstić information content (AvgIpc) is 2.83. The SMILES string of the molecule is COc1nc2c(cc1CNC1CCCc3ccccc31)c(=O)c(C(=O)O)cn2[C@H](CO)C(C)C. The fraction of sp³-hybridized carbons (Fsp3) is 0.423. The molecule has 1 unspecified atom stereocenters. The molecule has 0 radical (unpaired) electrons. The van der Waals surface area contributed by atoms with E-state index in [2.05, 4.69) is 28.5 Å². The molecule has 0 amide bonds. The van der Waals surface area contributed by atoms with Gasteiger partial charge in [-0.05, 0) is 42.4 Å². The molecule has 1 aliphatic rings. The number of aliphatic hydroxyl groups excluding tert-OH is 1. The molecule has 1 aliphatic carbocycles. The number of pyridine rings is 2. The third-order valence-corrected chi connectivity index (χ3v) is 6.69. The van der Waals surface area contributed by atoms with Gasteiger partial charge in [-0.1, -0.05) is 38.1 Å². The highest BCUT2D eigenvalue weighted by Gasteiger charge is 2.24. The molecule has 180 valence electrons. The zero-order chi connectivity index (χ0) is 24.4. The van der Waals surface area contributed by atoms with Gasteiger partial charge in [-0.3, -0.25) is 4.79 Å². The van der Waals surface area contributed by atoms with Gasteiger partial charge >= 0.3 is 5.97 Å². The van der Waals surface area contributed by atoms with E-state index in [0.29, 0.717) is 23.6 Å². The number of hydrogen-bond acceptors (Lipinski definition) is 6. The summed E-state index contributed by atoms with van der Waals surface area (Å²) in [7, 11) is 1.52. The zero-order valence-corrected chi connectivity index (χ0v) is 19.7. The number of carbonyl (C=O) groups is 1. The maximum Gasteiger partial charge on any atom is 0.341 e. The van der Waals surface area contributed by atoms with E-state index in [1.165, 1.54) is 24.4 Å². The van der Waals surface area contributed by atoms with Crippen LogP contribution in [0.3, 0.4) is 0 Å². The van der Waals surface area contributed by atoms with Crippen LogP contribution in [0, 0.1) is 5.92 Å². The number of ether oxygens (including phenoxy) is 1. The van der Waals surface area contributed by atoms with Crippen molar-refractivity contribution in [3.8, 4) is 5.88 Å². The fourth-order valence-electron chi connectivity index (χ4n) is 4.82. The van der Waals surface area contributed by atoms with Crippen molar-refractivity contribution in [1.82, 2.24) is 14.9 Å². The fourth-order valence-corrected chi connectivity index (χ4v) is 4.82. The molecular weight excluding hydrogens is 434 g/mol. The highest BCUT2D eigenvalue weighted by molar-refractivity contribution is 5.92. The number of aromatic nitrogens is 2. The van der Waals surface area contributed by atoms with Crippen molar-refractivity contribution in [1.29, 1.82) is 0 Å². The van der Waals surface area contributed by atoms with Crippen LogP contribution >= 0.6 is 0 Å². The van der Waals surface area contributed by atoms with Crippen molar-refractivity contribution in [3.05, 3.63) is 69.0 Å². The van der Waals surface area contributed by atoms with Crippen molar-refractivity contribution in [2.24, 2.45) is 5.92 Å². The van der Waals surface area contributed by atoms with Crippen molar-refractivity contribution in [2.75, 3.05) is 13.7 Å². The number of benzene rings is 1. The van der Waals surface area contributed by atoms with Crippen LogP contribution < -0.4 is 15.5 Å². The smallest absolute Gasteiger partial charge is 0.341 e. The Morgan fingerprint density at radius 3 is 2.76 bits per heavy atom. The number of carboxylic acids is 1. The Morgan fingerprint density at radius 2 is 2.09 bits per heavy atom. The molecule has 0 bridgehead atoms. The largest absolute Gasteiger partial charge is 0.481 e. The van der Waals surface area contributed by atoms with E-state index in [9.17, 15) is 19.8 Å². The van der Waals surface area contributed by atoms with Crippen molar-refractivity contribution in [3.63, 3.8) is 0 Å². The van der Waals surface area contributed by atoms with Crippen LogP contribution in [0.25, 0.3) is 11.0 Å². The van der Waals surface area contributed by atoms with Crippen LogP contribution in [0.15, 0.2) is 41.3 Å². The van der Waals surface area contributed by atoms with Crippen molar-refractivity contribution >= 4 is 17.0 Å².